The summed E-state index contributed by atoms with van der Waals surface area (Å²) >= 11 is 0. The summed E-state index contributed by atoms with van der Waals surface area (Å²) in [5.74, 6) is -1.31. The first-order valence-corrected chi connectivity index (χ1v) is 12.5. The van der Waals surface area contributed by atoms with Gasteiger partial charge in [-0.1, -0.05) is 0 Å². The molecule has 0 aromatic heterocycles. The van der Waals surface area contributed by atoms with Crippen molar-refractivity contribution in [1.29, 1.82) is 0 Å². The van der Waals surface area contributed by atoms with Crippen LogP contribution in [-0.2, 0) is 34.1 Å². The highest BCUT2D eigenvalue weighted by Gasteiger charge is 2.30. The molecule has 3 rings (SSSR count). The van der Waals surface area contributed by atoms with Crippen molar-refractivity contribution in [3.63, 3.8) is 0 Å². The van der Waals surface area contributed by atoms with Crippen molar-refractivity contribution in [3.05, 3.63) is 29.8 Å². The van der Waals surface area contributed by atoms with Crippen molar-refractivity contribution in [2.24, 2.45) is 5.92 Å². The van der Waals surface area contributed by atoms with E-state index in [9.17, 15) is 26.4 Å². The molecule has 2 aliphatic heterocycles. The summed E-state index contributed by atoms with van der Waals surface area (Å²) in [6, 6.07) is 5.46. The minimum atomic E-state index is -3.65. The van der Waals surface area contributed by atoms with Gasteiger partial charge in [-0.2, -0.15) is 4.31 Å². The number of nitrogens with zero attached hydrogens (tertiary/aromatic N) is 1. The van der Waals surface area contributed by atoms with Crippen LogP contribution in [0.4, 0.5) is 0 Å². The molecule has 0 radical (unpaired) electrons. The van der Waals surface area contributed by atoms with Crippen LogP contribution in [0.5, 0.6) is 0 Å². The molecule has 2 saturated heterocycles. The predicted octanol–water partition coefficient (Wildman–Crippen LogP) is 0.258. The van der Waals surface area contributed by atoms with Crippen molar-refractivity contribution in [1.82, 2.24) is 4.31 Å². The number of esters is 1. The van der Waals surface area contributed by atoms with Crippen LogP contribution in [0, 0.1) is 5.92 Å². The fourth-order valence-corrected chi connectivity index (χ4v) is 6.58. The van der Waals surface area contributed by atoms with Gasteiger partial charge in [-0.05, 0) is 36.6 Å². The molecule has 29 heavy (non-hydrogen) atoms. The Hall–Kier alpha value is -1.82. The molecule has 1 atom stereocenters. The van der Waals surface area contributed by atoms with Gasteiger partial charge in [0.1, 0.15) is 0 Å². The van der Waals surface area contributed by atoms with E-state index >= 15 is 0 Å². The largest absolute Gasteiger partial charge is 0.457 e. The minimum absolute atomic E-state index is 0.0326. The Morgan fingerprint density at radius 1 is 1.14 bits per heavy atom. The highest BCUT2D eigenvalue weighted by molar-refractivity contribution is 7.91. The van der Waals surface area contributed by atoms with E-state index in [-0.39, 0.29) is 47.4 Å². The molecule has 160 valence electrons. The Balaban J connectivity index is 1.53. The zero-order chi connectivity index (χ0) is 21.1. The Morgan fingerprint density at radius 3 is 2.38 bits per heavy atom. The number of rotatable bonds is 7. The first-order chi connectivity index (χ1) is 13.7. The normalized spacial score (nSPS) is 22.3. The number of morpholine rings is 1. The van der Waals surface area contributed by atoms with Gasteiger partial charge in [0.2, 0.25) is 10.0 Å². The molecule has 11 heteroatoms. The topological polar surface area (TPSA) is 124 Å². The van der Waals surface area contributed by atoms with Crippen molar-refractivity contribution < 1.29 is 35.9 Å². The maximum absolute atomic E-state index is 12.6. The van der Waals surface area contributed by atoms with Gasteiger partial charge in [-0.15, -0.1) is 0 Å². The molecular formula is C18H23NO8S2. The number of hydrogen-bond acceptors (Lipinski definition) is 8. The molecule has 2 aliphatic rings. The lowest BCUT2D eigenvalue weighted by atomic mass is 10.1. The second-order valence-corrected chi connectivity index (χ2v) is 11.3. The van der Waals surface area contributed by atoms with Gasteiger partial charge in [0.05, 0.1) is 29.6 Å². The highest BCUT2D eigenvalue weighted by Crippen LogP contribution is 2.22. The van der Waals surface area contributed by atoms with Gasteiger partial charge in [-0.3, -0.25) is 9.59 Å². The Kier molecular flexibility index (Phi) is 6.72. The van der Waals surface area contributed by atoms with Crippen molar-refractivity contribution >= 4 is 31.6 Å². The van der Waals surface area contributed by atoms with Gasteiger partial charge >= 0.3 is 5.97 Å². The van der Waals surface area contributed by atoms with Crippen LogP contribution in [0.15, 0.2) is 29.2 Å². The summed E-state index contributed by atoms with van der Waals surface area (Å²) in [4.78, 5) is 24.1. The minimum Gasteiger partial charge on any atom is -0.457 e. The zero-order valence-corrected chi connectivity index (χ0v) is 17.4. The van der Waals surface area contributed by atoms with Crippen LogP contribution in [0.25, 0.3) is 0 Å². The fraction of sp³-hybridized carbons (Fsp3) is 0.556. The van der Waals surface area contributed by atoms with E-state index in [1.807, 2.05) is 0 Å². The highest BCUT2D eigenvalue weighted by atomic mass is 32.2. The summed E-state index contributed by atoms with van der Waals surface area (Å²) in [7, 11) is -6.72. The molecule has 0 bridgehead atoms. The first-order valence-electron chi connectivity index (χ1n) is 9.24. The Morgan fingerprint density at radius 2 is 1.79 bits per heavy atom. The van der Waals surface area contributed by atoms with E-state index in [4.69, 9.17) is 9.47 Å². The average Bonchev–Trinajstić information content (AvgIpc) is 3.05. The molecule has 1 aromatic carbocycles. The van der Waals surface area contributed by atoms with Crippen molar-refractivity contribution in [2.75, 3.05) is 44.4 Å². The molecule has 9 nitrogen and oxygen atoms in total. The summed E-state index contributed by atoms with van der Waals surface area (Å²) in [5, 5.41) is 0. The van der Waals surface area contributed by atoms with Crippen LogP contribution < -0.4 is 0 Å². The molecule has 0 saturated carbocycles. The summed E-state index contributed by atoms with van der Waals surface area (Å²) < 4.78 is 59.4. The number of sulfonamides is 1. The smallest absolute Gasteiger partial charge is 0.306 e. The third-order valence-electron chi connectivity index (χ3n) is 4.93. The van der Waals surface area contributed by atoms with E-state index in [2.05, 4.69) is 0 Å². The van der Waals surface area contributed by atoms with Gasteiger partial charge in [0, 0.05) is 25.1 Å². The molecular weight excluding hydrogens is 422 g/mol. The quantitative estimate of drug-likeness (QED) is 0.432. The van der Waals surface area contributed by atoms with Gasteiger partial charge in [0.25, 0.3) is 0 Å². The monoisotopic (exact) mass is 445 g/mol. The van der Waals surface area contributed by atoms with Crippen LogP contribution in [0.2, 0.25) is 0 Å². The second kappa shape index (κ2) is 8.90. The number of ketones is 1. The molecule has 0 spiro atoms. The lowest BCUT2D eigenvalue weighted by Crippen LogP contribution is -2.40. The van der Waals surface area contributed by atoms with Crippen molar-refractivity contribution in [2.45, 2.75) is 17.7 Å². The van der Waals surface area contributed by atoms with Crippen LogP contribution >= 0.6 is 0 Å². The van der Waals surface area contributed by atoms with Gasteiger partial charge < -0.3 is 9.47 Å². The summed E-state index contributed by atoms with van der Waals surface area (Å²) in [5.41, 5.74) is 0.224. The molecule has 2 fully saturated rings. The second-order valence-electron chi connectivity index (χ2n) is 7.10. The maximum atomic E-state index is 12.6. The van der Waals surface area contributed by atoms with E-state index < -0.39 is 38.2 Å². The van der Waals surface area contributed by atoms with Crippen molar-refractivity contribution in [3.8, 4) is 0 Å². The zero-order valence-electron chi connectivity index (χ0n) is 15.8. The number of hydrogen-bond donors (Lipinski definition) is 0. The third kappa shape index (κ3) is 5.62. The number of sulfone groups is 1. The van der Waals surface area contributed by atoms with E-state index in [1.54, 1.807) is 0 Å². The average molecular weight is 446 g/mol. The standard InChI is InChI=1S/C18H23NO8S2/c20-17(12-27-18(21)11-14-5-10-28(22,23)13-14)15-1-3-16(4-2-15)29(24,25)19-6-8-26-9-7-19/h1-4,14H,5-13H2. The lowest BCUT2D eigenvalue weighted by Gasteiger charge is -2.26. The van der Waals surface area contributed by atoms with E-state index in [0.717, 1.165) is 0 Å². The molecule has 1 aromatic rings. The van der Waals surface area contributed by atoms with Gasteiger partial charge in [0.15, 0.2) is 22.2 Å². The molecule has 0 amide bonds. The Bertz CT molecular complexity index is 964. The summed E-state index contributed by atoms with van der Waals surface area (Å²) in [6.07, 6.45) is 0.383. The van der Waals surface area contributed by atoms with Crippen LogP contribution in [-0.4, -0.2) is 77.3 Å². The maximum Gasteiger partial charge on any atom is 0.306 e. The van der Waals surface area contributed by atoms with Crippen LogP contribution in [0.1, 0.15) is 23.2 Å². The summed E-state index contributed by atoms with van der Waals surface area (Å²) in [6.45, 7) is 0.762. The first kappa shape index (κ1) is 21.9. The SMILES string of the molecule is O=C(CC1CCS(=O)(=O)C1)OCC(=O)c1ccc(S(=O)(=O)N2CCOCC2)cc1. The fourth-order valence-electron chi connectivity index (χ4n) is 3.31. The van der Waals surface area contributed by atoms with E-state index in [1.165, 1.54) is 28.6 Å². The van der Waals surface area contributed by atoms with Crippen LogP contribution in [0.3, 0.4) is 0 Å². The molecule has 0 N–H and O–H groups in total. The predicted molar refractivity (Wildman–Crippen MR) is 103 cm³/mol. The third-order valence-corrected chi connectivity index (χ3v) is 8.68. The Labute approximate surface area is 169 Å². The number of benzene rings is 1. The number of Topliss-reactive ketones (excluding diaryl/α,β-unsaturated/α-hetero) is 1. The number of ether oxygens (including phenoxy) is 2. The molecule has 0 aliphatic carbocycles. The molecule has 2 heterocycles. The molecule has 1 unspecified atom stereocenters. The number of carbonyl (C=O) groups excluding carboxylic acids is 2. The lowest BCUT2D eigenvalue weighted by molar-refractivity contribution is -0.143. The van der Waals surface area contributed by atoms with Gasteiger partial charge in [-0.25, -0.2) is 16.8 Å². The van der Waals surface area contributed by atoms with E-state index in [0.29, 0.717) is 19.6 Å². The number of carbonyl (C=O) groups is 2.